The summed E-state index contributed by atoms with van der Waals surface area (Å²) in [4.78, 5) is 34.2. The van der Waals surface area contributed by atoms with E-state index in [0.29, 0.717) is 24.2 Å². The summed E-state index contributed by atoms with van der Waals surface area (Å²) in [7, 11) is 3.39. The summed E-state index contributed by atoms with van der Waals surface area (Å²) in [6.07, 6.45) is 5.46. The predicted molar refractivity (Wildman–Crippen MR) is 102 cm³/mol. The lowest BCUT2D eigenvalue weighted by atomic mass is 10.1. The van der Waals surface area contributed by atoms with Gasteiger partial charge < -0.3 is 14.8 Å². The maximum atomic E-state index is 12.7. The smallest absolute Gasteiger partial charge is 0.257 e. The number of para-hydroxylation sites is 1. The molecule has 3 rings (SSSR count). The molecule has 2 aromatic heterocycles. The summed E-state index contributed by atoms with van der Waals surface area (Å²) in [5.74, 6) is -0.140. The molecule has 0 aliphatic heterocycles. The number of rotatable bonds is 7. The van der Waals surface area contributed by atoms with Crippen LogP contribution in [-0.4, -0.2) is 47.8 Å². The fraction of sp³-hybridized carbons (Fsp3) is 0.250. The molecule has 1 aromatic carbocycles. The molecule has 0 fully saturated rings. The Bertz CT molecular complexity index is 886. The monoisotopic (exact) mass is 350 g/mol. The lowest BCUT2D eigenvalue weighted by Crippen LogP contribution is -2.30. The number of aryl methyl sites for hydroxylation is 1. The molecule has 0 spiro atoms. The Labute approximate surface area is 152 Å². The molecule has 2 amide bonds. The second-order valence-corrected chi connectivity index (χ2v) is 6.32. The van der Waals surface area contributed by atoms with Crippen LogP contribution in [0.2, 0.25) is 0 Å². The molecule has 6 heteroatoms. The SMILES string of the molecule is CN(CCCc1cc2ccccc2[nH]1)C(=O)c1cnccc1N(C)C=O. The molecule has 0 aliphatic rings. The van der Waals surface area contributed by atoms with Gasteiger partial charge >= 0.3 is 0 Å². The zero-order chi connectivity index (χ0) is 18.5. The van der Waals surface area contributed by atoms with E-state index in [0.717, 1.165) is 24.1 Å². The number of aromatic nitrogens is 2. The number of pyridine rings is 1. The number of anilines is 1. The lowest BCUT2D eigenvalue weighted by Gasteiger charge is -2.20. The third-order valence-electron chi connectivity index (χ3n) is 4.44. The van der Waals surface area contributed by atoms with Crippen molar-refractivity contribution in [1.82, 2.24) is 14.9 Å². The average Bonchev–Trinajstić information content (AvgIpc) is 3.09. The largest absolute Gasteiger partial charge is 0.358 e. The first-order valence-corrected chi connectivity index (χ1v) is 8.54. The predicted octanol–water partition coefficient (Wildman–Crippen LogP) is 2.86. The Morgan fingerprint density at radius 3 is 2.81 bits per heavy atom. The minimum atomic E-state index is -0.140. The van der Waals surface area contributed by atoms with E-state index >= 15 is 0 Å². The summed E-state index contributed by atoms with van der Waals surface area (Å²) in [6.45, 7) is 0.618. The zero-order valence-electron chi connectivity index (χ0n) is 15.0. The molecular weight excluding hydrogens is 328 g/mol. The number of amides is 2. The number of nitrogens with zero attached hydrogens (tertiary/aromatic N) is 3. The van der Waals surface area contributed by atoms with Gasteiger partial charge in [0.25, 0.3) is 5.91 Å². The molecule has 0 radical (unpaired) electrons. The number of benzene rings is 1. The molecule has 134 valence electrons. The maximum absolute atomic E-state index is 12.7. The van der Waals surface area contributed by atoms with E-state index in [1.807, 2.05) is 12.1 Å². The fourth-order valence-corrected chi connectivity index (χ4v) is 3.00. The van der Waals surface area contributed by atoms with E-state index in [4.69, 9.17) is 0 Å². The molecule has 0 saturated heterocycles. The van der Waals surface area contributed by atoms with Gasteiger partial charge in [0, 0.05) is 44.2 Å². The Balaban J connectivity index is 1.62. The van der Waals surface area contributed by atoms with Gasteiger partial charge in [0.2, 0.25) is 6.41 Å². The van der Waals surface area contributed by atoms with Crippen molar-refractivity contribution in [1.29, 1.82) is 0 Å². The Morgan fingerprint density at radius 1 is 1.23 bits per heavy atom. The molecule has 0 bridgehead atoms. The highest BCUT2D eigenvalue weighted by Crippen LogP contribution is 2.19. The Morgan fingerprint density at radius 2 is 2.04 bits per heavy atom. The number of fused-ring (bicyclic) bond motifs is 1. The fourth-order valence-electron chi connectivity index (χ4n) is 3.00. The molecule has 0 saturated carbocycles. The van der Waals surface area contributed by atoms with Crippen LogP contribution in [0.15, 0.2) is 48.8 Å². The van der Waals surface area contributed by atoms with E-state index in [2.05, 4.69) is 28.2 Å². The first-order chi connectivity index (χ1) is 12.6. The summed E-state index contributed by atoms with van der Waals surface area (Å²) in [5.41, 5.74) is 3.27. The summed E-state index contributed by atoms with van der Waals surface area (Å²) >= 11 is 0. The van der Waals surface area contributed by atoms with E-state index in [1.165, 1.54) is 16.5 Å². The van der Waals surface area contributed by atoms with Crippen molar-refractivity contribution in [3.05, 3.63) is 60.0 Å². The minimum absolute atomic E-state index is 0.140. The number of H-pyrrole nitrogens is 1. The van der Waals surface area contributed by atoms with Crippen molar-refractivity contribution in [3.8, 4) is 0 Å². The van der Waals surface area contributed by atoms with Crippen molar-refractivity contribution < 1.29 is 9.59 Å². The van der Waals surface area contributed by atoms with Crippen LogP contribution in [0.3, 0.4) is 0 Å². The van der Waals surface area contributed by atoms with Crippen LogP contribution in [-0.2, 0) is 11.2 Å². The van der Waals surface area contributed by atoms with Crippen molar-refractivity contribution in [3.63, 3.8) is 0 Å². The van der Waals surface area contributed by atoms with Gasteiger partial charge in [0.15, 0.2) is 0 Å². The number of carbonyl (C=O) groups is 2. The Kier molecular flexibility index (Phi) is 5.31. The van der Waals surface area contributed by atoms with Gasteiger partial charge in [0.05, 0.1) is 11.3 Å². The number of hydrogen-bond donors (Lipinski definition) is 1. The number of hydrogen-bond acceptors (Lipinski definition) is 3. The third kappa shape index (κ3) is 3.74. The van der Waals surface area contributed by atoms with Crippen molar-refractivity contribution >= 4 is 28.9 Å². The highest BCUT2D eigenvalue weighted by Gasteiger charge is 2.18. The first-order valence-electron chi connectivity index (χ1n) is 8.54. The lowest BCUT2D eigenvalue weighted by molar-refractivity contribution is -0.107. The van der Waals surface area contributed by atoms with E-state index in [1.54, 1.807) is 31.3 Å². The van der Waals surface area contributed by atoms with Crippen molar-refractivity contribution in [2.75, 3.05) is 25.5 Å². The van der Waals surface area contributed by atoms with Crippen LogP contribution in [0.25, 0.3) is 10.9 Å². The molecule has 6 nitrogen and oxygen atoms in total. The molecule has 0 atom stereocenters. The number of aromatic amines is 1. The van der Waals surface area contributed by atoms with Gasteiger partial charge in [-0.1, -0.05) is 18.2 Å². The normalized spacial score (nSPS) is 10.7. The second-order valence-electron chi connectivity index (χ2n) is 6.32. The molecule has 26 heavy (non-hydrogen) atoms. The number of nitrogens with one attached hydrogen (secondary N) is 1. The Hall–Kier alpha value is -3.15. The molecular formula is C20H22N4O2. The van der Waals surface area contributed by atoms with Crippen LogP contribution in [0.4, 0.5) is 5.69 Å². The third-order valence-corrected chi connectivity index (χ3v) is 4.44. The highest BCUT2D eigenvalue weighted by atomic mass is 16.2. The van der Waals surface area contributed by atoms with Crippen LogP contribution < -0.4 is 4.90 Å². The summed E-state index contributed by atoms with van der Waals surface area (Å²) in [6, 6.07) is 12.0. The molecule has 1 N–H and O–H groups in total. The van der Waals surface area contributed by atoms with Gasteiger partial charge in [0.1, 0.15) is 0 Å². The standard InChI is InChI=1S/C20H22N4O2/c1-23(20(26)17-13-21-10-9-19(17)24(2)14-25)11-5-7-16-12-15-6-3-4-8-18(15)22-16/h3-4,6,8-10,12-14,22H,5,7,11H2,1-2H3. The molecule has 2 heterocycles. The minimum Gasteiger partial charge on any atom is -0.358 e. The topological polar surface area (TPSA) is 69.3 Å². The molecule has 0 aliphatic carbocycles. The molecule has 3 aromatic rings. The van der Waals surface area contributed by atoms with E-state index in [-0.39, 0.29) is 5.91 Å². The van der Waals surface area contributed by atoms with Gasteiger partial charge in [-0.25, -0.2) is 0 Å². The summed E-state index contributed by atoms with van der Waals surface area (Å²) < 4.78 is 0. The second kappa shape index (κ2) is 7.82. The van der Waals surface area contributed by atoms with Crippen LogP contribution in [0.1, 0.15) is 22.5 Å². The van der Waals surface area contributed by atoms with Crippen LogP contribution in [0.5, 0.6) is 0 Å². The van der Waals surface area contributed by atoms with E-state index in [9.17, 15) is 9.59 Å². The average molecular weight is 350 g/mol. The summed E-state index contributed by atoms with van der Waals surface area (Å²) in [5, 5.41) is 1.20. The first kappa shape index (κ1) is 17.7. The molecule has 0 unspecified atom stereocenters. The quantitative estimate of drug-likeness (QED) is 0.666. The van der Waals surface area contributed by atoms with Gasteiger partial charge in [-0.2, -0.15) is 0 Å². The van der Waals surface area contributed by atoms with E-state index < -0.39 is 0 Å². The van der Waals surface area contributed by atoms with Gasteiger partial charge in [-0.3, -0.25) is 14.6 Å². The van der Waals surface area contributed by atoms with Crippen LogP contribution in [0, 0.1) is 0 Å². The highest BCUT2D eigenvalue weighted by molar-refractivity contribution is 6.01. The van der Waals surface area contributed by atoms with Crippen molar-refractivity contribution in [2.45, 2.75) is 12.8 Å². The van der Waals surface area contributed by atoms with Gasteiger partial charge in [-0.05, 0) is 36.4 Å². The van der Waals surface area contributed by atoms with Crippen molar-refractivity contribution in [2.24, 2.45) is 0 Å². The zero-order valence-corrected chi connectivity index (χ0v) is 15.0. The van der Waals surface area contributed by atoms with Gasteiger partial charge in [-0.15, -0.1) is 0 Å². The maximum Gasteiger partial charge on any atom is 0.257 e. The number of carbonyl (C=O) groups excluding carboxylic acids is 2. The van der Waals surface area contributed by atoms with Crippen LogP contribution >= 0.6 is 0 Å².